The van der Waals surface area contributed by atoms with Gasteiger partial charge in [0.15, 0.2) is 5.82 Å². The third kappa shape index (κ3) is 3.25. The number of rotatable bonds is 4. The van der Waals surface area contributed by atoms with E-state index in [2.05, 4.69) is 25.9 Å². The highest BCUT2D eigenvalue weighted by molar-refractivity contribution is 6.31. The highest BCUT2D eigenvalue weighted by Gasteiger charge is 2.16. The Hall–Kier alpha value is -2.02. The van der Waals surface area contributed by atoms with Gasteiger partial charge in [0, 0.05) is 10.6 Å². The van der Waals surface area contributed by atoms with Crippen molar-refractivity contribution in [3.05, 3.63) is 40.4 Å². The van der Waals surface area contributed by atoms with Crippen LogP contribution >= 0.6 is 11.6 Å². The predicted molar refractivity (Wildman–Crippen MR) is 65.8 cm³/mol. The lowest BCUT2D eigenvalue weighted by molar-refractivity contribution is -0.121. The Labute approximate surface area is 113 Å². The number of aromatic amines is 1. The maximum absolute atomic E-state index is 13.5. The van der Waals surface area contributed by atoms with Gasteiger partial charge in [-0.25, -0.2) is 4.39 Å². The molecule has 2 aromatic rings. The Kier molecular flexibility index (Phi) is 4.06. The van der Waals surface area contributed by atoms with Crippen molar-refractivity contribution in [2.24, 2.45) is 0 Å². The van der Waals surface area contributed by atoms with Crippen molar-refractivity contribution < 1.29 is 9.18 Å². The molecule has 2 N–H and O–H groups in total. The number of benzene rings is 1. The highest BCUT2D eigenvalue weighted by Crippen LogP contribution is 2.19. The van der Waals surface area contributed by atoms with Gasteiger partial charge in [-0.2, -0.15) is 5.21 Å². The molecule has 1 aromatic heterocycles. The topological polar surface area (TPSA) is 83.6 Å². The minimum absolute atomic E-state index is 0.145. The number of nitrogens with one attached hydrogen (secondary N) is 2. The van der Waals surface area contributed by atoms with Crippen LogP contribution in [-0.2, 0) is 11.2 Å². The smallest absolute Gasteiger partial charge is 0.225 e. The average molecular weight is 284 g/mol. The van der Waals surface area contributed by atoms with E-state index in [0.717, 1.165) is 0 Å². The Bertz CT molecular complexity index is 554. The zero-order valence-corrected chi connectivity index (χ0v) is 10.8. The second kappa shape index (κ2) is 5.75. The van der Waals surface area contributed by atoms with Crippen LogP contribution in [0.2, 0.25) is 5.02 Å². The number of hydrogen-bond donors (Lipinski definition) is 2. The van der Waals surface area contributed by atoms with Crippen LogP contribution in [0, 0.1) is 5.82 Å². The summed E-state index contributed by atoms with van der Waals surface area (Å²) in [4.78, 5) is 11.8. The SMILES string of the molecule is CC(NC(=O)Cc1c(F)cccc1Cl)c1nn[nH]n1. The largest absolute Gasteiger partial charge is 0.346 e. The lowest BCUT2D eigenvalue weighted by atomic mass is 10.1. The van der Waals surface area contributed by atoms with Crippen molar-refractivity contribution in [3.63, 3.8) is 0 Å². The van der Waals surface area contributed by atoms with Crippen LogP contribution in [0.1, 0.15) is 24.4 Å². The number of halogens is 2. The van der Waals surface area contributed by atoms with Gasteiger partial charge < -0.3 is 5.32 Å². The Morgan fingerprint density at radius 3 is 3.00 bits per heavy atom. The summed E-state index contributed by atoms with van der Waals surface area (Å²) < 4.78 is 13.5. The molecule has 1 unspecified atom stereocenters. The lowest BCUT2D eigenvalue weighted by Gasteiger charge is -2.11. The molecule has 0 aliphatic heterocycles. The van der Waals surface area contributed by atoms with Gasteiger partial charge in [0.2, 0.25) is 5.91 Å². The number of carbonyl (C=O) groups excluding carboxylic acids is 1. The summed E-state index contributed by atoms with van der Waals surface area (Å²) in [6, 6.07) is 3.87. The molecule has 0 fully saturated rings. The quantitative estimate of drug-likeness (QED) is 0.889. The first-order chi connectivity index (χ1) is 9.08. The van der Waals surface area contributed by atoms with Crippen LogP contribution < -0.4 is 5.32 Å². The minimum Gasteiger partial charge on any atom is -0.346 e. The summed E-state index contributed by atoms with van der Waals surface area (Å²) in [7, 11) is 0. The number of aromatic nitrogens is 4. The van der Waals surface area contributed by atoms with E-state index in [-0.39, 0.29) is 22.9 Å². The van der Waals surface area contributed by atoms with Gasteiger partial charge >= 0.3 is 0 Å². The summed E-state index contributed by atoms with van der Waals surface area (Å²) in [6.07, 6.45) is -0.145. The third-order valence-electron chi connectivity index (χ3n) is 2.53. The molecule has 0 spiro atoms. The highest BCUT2D eigenvalue weighted by atomic mass is 35.5. The summed E-state index contributed by atoms with van der Waals surface area (Å²) in [6.45, 7) is 1.70. The van der Waals surface area contributed by atoms with E-state index in [1.165, 1.54) is 18.2 Å². The molecule has 0 aliphatic carbocycles. The molecular weight excluding hydrogens is 273 g/mol. The monoisotopic (exact) mass is 283 g/mol. The maximum Gasteiger partial charge on any atom is 0.225 e. The summed E-state index contributed by atoms with van der Waals surface area (Å²) >= 11 is 5.85. The van der Waals surface area contributed by atoms with Gasteiger partial charge in [0.05, 0.1) is 12.5 Å². The fourth-order valence-corrected chi connectivity index (χ4v) is 1.80. The lowest BCUT2D eigenvalue weighted by Crippen LogP contribution is -2.29. The molecule has 0 saturated heterocycles. The third-order valence-corrected chi connectivity index (χ3v) is 2.88. The van der Waals surface area contributed by atoms with Crippen LogP contribution in [0.4, 0.5) is 4.39 Å². The fourth-order valence-electron chi connectivity index (χ4n) is 1.57. The van der Waals surface area contributed by atoms with E-state index >= 15 is 0 Å². The van der Waals surface area contributed by atoms with Gasteiger partial charge in [-0.15, -0.1) is 10.2 Å². The van der Waals surface area contributed by atoms with Crippen molar-refractivity contribution in [2.45, 2.75) is 19.4 Å². The van der Waals surface area contributed by atoms with Gasteiger partial charge in [-0.05, 0) is 19.1 Å². The Morgan fingerprint density at radius 1 is 1.58 bits per heavy atom. The molecule has 6 nitrogen and oxygen atoms in total. The van der Waals surface area contributed by atoms with E-state index in [4.69, 9.17) is 11.6 Å². The van der Waals surface area contributed by atoms with Crippen molar-refractivity contribution in [3.8, 4) is 0 Å². The van der Waals surface area contributed by atoms with Gasteiger partial charge in [0.25, 0.3) is 0 Å². The molecule has 1 amide bonds. The molecule has 0 aliphatic rings. The zero-order chi connectivity index (χ0) is 13.8. The first kappa shape index (κ1) is 13.4. The van der Waals surface area contributed by atoms with Crippen LogP contribution in [0.5, 0.6) is 0 Å². The first-order valence-corrected chi connectivity index (χ1v) is 5.91. The maximum atomic E-state index is 13.5. The van der Waals surface area contributed by atoms with Crippen LogP contribution in [0.15, 0.2) is 18.2 Å². The van der Waals surface area contributed by atoms with Crippen molar-refractivity contribution in [1.82, 2.24) is 25.9 Å². The molecule has 19 heavy (non-hydrogen) atoms. The predicted octanol–water partition coefficient (Wildman–Crippen LogP) is 1.41. The first-order valence-electron chi connectivity index (χ1n) is 5.53. The zero-order valence-electron chi connectivity index (χ0n) is 10.0. The van der Waals surface area contributed by atoms with Crippen LogP contribution in [0.25, 0.3) is 0 Å². The van der Waals surface area contributed by atoms with E-state index in [0.29, 0.717) is 5.82 Å². The molecule has 8 heteroatoms. The van der Waals surface area contributed by atoms with Gasteiger partial charge in [-0.3, -0.25) is 4.79 Å². The number of nitrogens with zero attached hydrogens (tertiary/aromatic N) is 3. The molecule has 0 bridgehead atoms. The number of tetrazole rings is 1. The second-order valence-electron chi connectivity index (χ2n) is 3.94. The van der Waals surface area contributed by atoms with Gasteiger partial charge in [-0.1, -0.05) is 22.9 Å². The summed E-state index contributed by atoms with van der Waals surface area (Å²) in [5.41, 5.74) is 0.168. The molecule has 1 aromatic carbocycles. The molecule has 0 radical (unpaired) electrons. The number of H-pyrrole nitrogens is 1. The average Bonchev–Trinajstić information content (AvgIpc) is 2.88. The molecule has 1 atom stereocenters. The second-order valence-corrected chi connectivity index (χ2v) is 4.34. The van der Waals surface area contributed by atoms with E-state index < -0.39 is 11.9 Å². The molecule has 2 rings (SSSR count). The molecule has 100 valence electrons. The fraction of sp³-hybridized carbons (Fsp3) is 0.273. The van der Waals surface area contributed by atoms with Crippen molar-refractivity contribution >= 4 is 17.5 Å². The number of carbonyl (C=O) groups is 1. The van der Waals surface area contributed by atoms with Gasteiger partial charge in [0.1, 0.15) is 5.82 Å². The van der Waals surface area contributed by atoms with E-state index in [1.807, 2.05) is 0 Å². The van der Waals surface area contributed by atoms with Crippen LogP contribution in [0.3, 0.4) is 0 Å². The van der Waals surface area contributed by atoms with Crippen LogP contribution in [-0.4, -0.2) is 26.5 Å². The molecular formula is C11H11ClFN5O. The standard InChI is InChI=1S/C11H11ClFN5O/c1-6(11-15-17-18-16-11)14-10(19)5-7-8(12)3-2-4-9(7)13/h2-4,6H,5H2,1H3,(H,14,19)(H,15,16,17,18). The minimum atomic E-state index is -0.505. The Balaban J connectivity index is 2.02. The summed E-state index contributed by atoms with van der Waals surface area (Å²) in [5.74, 6) is -0.521. The van der Waals surface area contributed by atoms with E-state index in [9.17, 15) is 9.18 Å². The molecule has 0 saturated carbocycles. The number of hydrogen-bond acceptors (Lipinski definition) is 4. The Morgan fingerprint density at radius 2 is 2.37 bits per heavy atom. The van der Waals surface area contributed by atoms with Crippen molar-refractivity contribution in [1.29, 1.82) is 0 Å². The van der Waals surface area contributed by atoms with E-state index in [1.54, 1.807) is 6.92 Å². The van der Waals surface area contributed by atoms with Crippen molar-refractivity contribution in [2.75, 3.05) is 0 Å². The number of amides is 1. The summed E-state index contributed by atoms with van der Waals surface area (Å²) in [5, 5.41) is 16.0. The molecule has 1 heterocycles. The normalized spacial score (nSPS) is 12.2.